The van der Waals surface area contributed by atoms with Gasteiger partial charge in [-0.25, -0.2) is 0 Å². The Morgan fingerprint density at radius 3 is 2.05 bits per heavy atom. The predicted octanol–water partition coefficient (Wildman–Crippen LogP) is 4.13. The lowest BCUT2D eigenvalue weighted by Crippen LogP contribution is -2.15. The molecule has 0 bridgehead atoms. The second kappa shape index (κ2) is 6.58. The van der Waals surface area contributed by atoms with Gasteiger partial charge in [-0.2, -0.15) is 0 Å². The summed E-state index contributed by atoms with van der Waals surface area (Å²) in [6.45, 7) is 4.45. The predicted molar refractivity (Wildman–Crippen MR) is 84.4 cm³/mol. The lowest BCUT2D eigenvalue weighted by Gasteiger charge is -2.21. The molecule has 2 unspecified atom stereocenters. The van der Waals surface area contributed by atoms with Gasteiger partial charge >= 0.3 is 0 Å². The fraction of sp³-hybridized carbons (Fsp3) is 0.333. The van der Waals surface area contributed by atoms with Crippen molar-refractivity contribution in [2.45, 2.75) is 25.8 Å². The van der Waals surface area contributed by atoms with Crippen LogP contribution in [0.4, 0.5) is 0 Å². The second-order valence-corrected chi connectivity index (χ2v) is 5.13. The highest BCUT2D eigenvalue weighted by Gasteiger charge is 2.15. The minimum absolute atomic E-state index is 0.354. The highest BCUT2D eigenvalue weighted by molar-refractivity contribution is 5.40. The summed E-state index contributed by atoms with van der Waals surface area (Å²) in [7, 11) is 3.70. The molecule has 0 spiro atoms. The Morgan fingerprint density at radius 1 is 0.900 bits per heavy atom. The van der Waals surface area contributed by atoms with E-state index in [-0.39, 0.29) is 0 Å². The lowest BCUT2D eigenvalue weighted by atomic mass is 9.87. The molecule has 20 heavy (non-hydrogen) atoms. The monoisotopic (exact) mass is 269 g/mol. The standard InChI is InChI=1S/C18H23NO/c1-13(15-9-11-16(20-4)12-10-15)17-7-5-6-8-18(17)14(2)19-3/h5-14,19H,1-4H3. The van der Waals surface area contributed by atoms with Crippen molar-refractivity contribution >= 4 is 0 Å². The third-order valence-corrected chi connectivity index (χ3v) is 3.98. The molecule has 2 aromatic carbocycles. The van der Waals surface area contributed by atoms with Gasteiger partial charge in [0.1, 0.15) is 5.75 Å². The zero-order chi connectivity index (χ0) is 14.5. The highest BCUT2D eigenvalue weighted by atomic mass is 16.5. The number of rotatable bonds is 5. The van der Waals surface area contributed by atoms with Gasteiger partial charge < -0.3 is 10.1 Å². The molecule has 0 aliphatic carbocycles. The smallest absolute Gasteiger partial charge is 0.118 e. The molecule has 0 fully saturated rings. The number of hydrogen-bond acceptors (Lipinski definition) is 2. The number of methoxy groups -OCH3 is 1. The van der Waals surface area contributed by atoms with Crippen LogP contribution in [0.5, 0.6) is 5.75 Å². The van der Waals surface area contributed by atoms with E-state index in [2.05, 4.69) is 55.6 Å². The summed E-state index contributed by atoms with van der Waals surface area (Å²) in [4.78, 5) is 0. The molecule has 2 atom stereocenters. The summed E-state index contributed by atoms with van der Waals surface area (Å²) in [5.41, 5.74) is 4.04. The summed E-state index contributed by atoms with van der Waals surface area (Å²) in [5, 5.41) is 3.33. The van der Waals surface area contributed by atoms with Gasteiger partial charge in [-0.1, -0.05) is 43.3 Å². The van der Waals surface area contributed by atoms with Crippen LogP contribution in [0.1, 0.15) is 42.5 Å². The largest absolute Gasteiger partial charge is 0.497 e. The van der Waals surface area contributed by atoms with E-state index in [0.29, 0.717) is 12.0 Å². The Bertz CT molecular complexity index is 548. The van der Waals surface area contributed by atoms with Crippen LogP contribution in [0.2, 0.25) is 0 Å². The fourth-order valence-corrected chi connectivity index (χ4v) is 2.53. The molecule has 0 aliphatic heterocycles. The van der Waals surface area contributed by atoms with E-state index in [1.54, 1.807) is 7.11 Å². The first-order valence-electron chi connectivity index (χ1n) is 7.07. The molecule has 2 nitrogen and oxygen atoms in total. The molecule has 2 aromatic rings. The van der Waals surface area contributed by atoms with Gasteiger partial charge in [0.15, 0.2) is 0 Å². The zero-order valence-electron chi connectivity index (χ0n) is 12.7. The molecule has 0 saturated carbocycles. The number of benzene rings is 2. The first-order chi connectivity index (χ1) is 9.67. The maximum atomic E-state index is 5.22. The van der Waals surface area contributed by atoms with Crippen molar-refractivity contribution in [3.05, 3.63) is 65.2 Å². The SMILES string of the molecule is CNC(C)c1ccccc1C(C)c1ccc(OC)cc1. The molecule has 1 N–H and O–H groups in total. The fourth-order valence-electron chi connectivity index (χ4n) is 2.53. The van der Waals surface area contributed by atoms with Crippen molar-refractivity contribution in [3.63, 3.8) is 0 Å². The molecule has 0 radical (unpaired) electrons. The average Bonchev–Trinajstić information content (AvgIpc) is 2.53. The first-order valence-corrected chi connectivity index (χ1v) is 7.07. The van der Waals surface area contributed by atoms with Gasteiger partial charge in [-0.15, -0.1) is 0 Å². The molecule has 0 aliphatic rings. The molecule has 0 saturated heterocycles. The van der Waals surface area contributed by atoms with Crippen LogP contribution >= 0.6 is 0 Å². The quantitative estimate of drug-likeness (QED) is 0.881. The van der Waals surface area contributed by atoms with E-state index in [9.17, 15) is 0 Å². The van der Waals surface area contributed by atoms with Gasteiger partial charge in [0.2, 0.25) is 0 Å². The second-order valence-electron chi connectivity index (χ2n) is 5.13. The Balaban J connectivity index is 2.34. The minimum Gasteiger partial charge on any atom is -0.497 e. The molecule has 106 valence electrons. The summed E-state index contributed by atoms with van der Waals surface area (Å²) in [6.07, 6.45) is 0. The number of ether oxygens (including phenoxy) is 1. The highest BCUT2D eigenvalue weighted by Crippen LogP contribution is 2.30. The van der Waals surface area contributed by atoms with Crippen LogP contribution in [0.15, 0.2) is 48.5 Å². The van der Waals surface area contributed by atoms with Crippen LogP contribution in [-0.2, 0) is 0 Å². The zero-order valence-corrected chi connectivity index (χ0v) is 12.7. The van der Waals surface area contributed by atoms with Crippen LogP contribution in [0, 0.1) is 0 Å². The summed E-state index contributed by atoms with van der Waals surface area (Å²) < 4.78 is 5.22. The summed E-state index contributed by atoms with van der Waals surface area (Å²) in [6, 6.07) is 17.3. The van der Waals surface area contributed by atoms with E-state index in [1.165, 1.54) is 16.7 Å². The van der Waals surface area contributed by atoms with E-state index >= 15 is 0 Å². The molecule has 0 aromatic heterocycles. The molecule has 2 rings (SSSR count). The Kier molecular flexibility index (Phi) is 4.80. The minimum atomic E-state index is 0.354. The van der Waals surface area contributed by atoms with E-state index in [4.69, 9.17) is 4.74 Å². The van der Waals surface area contributed by atoms with E-state index < -0.39 is 0 Å². The van der Waals surface area contributed by atoms with E-state index in [0.717, 1.165) is 5.75 Å². The third-order valence-electron chi connectivity index (χ3n) is 3.98. The van der Waals surface area contributed by atoms with Crippen LogP contribution in [0.25, 0.3) is 0 Å². The van der Waals surface area contributed by atoms with Gasteiger partial charge in [-0.05, 0) is 42.8 Å². The molecular weight excluding hydrogens is 246 g/mol. The van der Waals surface area contributed by atoms with Crippen LogP contribution in [0.3, 0.4) is 0 Å². The van der Waals surface area contributed by atoms with Crippen molar-refractivity contribution in [1.82, 2.24) is 5.32 Å². The maximum Gasteiger partial charge on any atom is 0.118 e. The van der Waals surface area contributed by atoms with Crippen molar-refractivity contribution in [2.75, 3.05) is 14.2 Å². The van der Waals surface area contributed by atoms with Crippen molar-refractivity contribution in [1.29, 1.82) is 0 Å². The number of nitrogens with one attached hydrogen (secondary N) is 1. The van der Waals surface area contributed by atoms with Crippen molar-refractivity contribution in [2.24, 2.45) is 0 Å². The first kappa shape index (κ1) is 14.6. The molecule has 0 heterocycles. The Hall–Kier alpha value is -1.80. The van der Waals surface area contributed by atoms with E-state index in [1.807, 2.05) is 19.2 Å². The molecule has 0 amide bonds. The van der Waals surface area contributed by atoms with Gasteiger partial charge in [0.25, 0.3) is 0 Å². The molecule has 2 heteroatoms. The maximum absolute atomic E-state index is 5.22. The normalized spacial score (nSPS) is 13.8. The van der Waals surface area contributed by atoms with Crippen LogP contribution < -0.4 is 10.1 Å². The number of hydrogen-bond donors (Lipinski definition) is 1. The van der Waals surface area contributed by atoms with Crippen molar-refractivity contribution < 1.29 is 4.74 Å². The Morgan fingerprint density at radius 2 is 1.50 bits per heavy atom. The van der Waals surface area contributed by atoms with Gasteiger partial charge in [0, 0.05) is 12.0 Å². The Labute approximate surface area is 121 Å². The average molecular weight is 269 g/mol. The summed E-state index contributed by atoms with van der Waals surface area (Å²) >= 11 is 0. The topological polar surface area (TPSA) is 21.3 Å². The van der Waals surface area contributed by atoms with Gasteiger partial charge in [0.05, 0.1) is 7.11 Å². The van der Waals surface area contributed by atoms with Gasteiger partial charge in [-0.3, -0.25) is 0 Å². The lowest BCUT2D eigenvalue weighted by molar-refractivity contribution is 0.414. The van der Waals surface area contributed by atoms with Crippen molar-refractivity contribution in [3.8, 4) is 5.75 Å². The molecular formula is C18H23NO. The third kappa shape index (κ3) is 3.02. The van der Waals surface area contributed by atoms with Crippen LogP contribution in [-0.4, -0.2) is 14.2 Å². The summed E-state index contributed by atoms with van der Waals surface area (Å²) in [5.74, 6) is 1.27.